The number of hydrogen-bond donors (Lipinski definition) is 1. The van der Waals surface area contributed by atoms with Crippen LogP contribution in [0.25, 0.3) is 0 Å². The molecule has 1 heterocycles. The van der Waals surface area contributed by atoms with Gasteiger partial charge < -0.3 is 5.11 Å². The molecule has 2 atom stereocenters. The average molecular weight is 350 g/mol. The second kappa shape index (κ2) is 7.33. The molecule has 0 aliphatic carbocycles. The third-order valence-electron chi connectivity index (χ3n) is 3.63. The molecule has 0 amide bonds. The Hall–Kier alpha value is -0.270. The third-order valence-corrected chi connectivity index (χ3v) is 6.57. The maximum atomic E-state index is 11.8. The fourth-order valence-corrected chi connectivity index (χ4v) is 5.50. The maximum absolute atomic E-state index is 11.8. The number of nitrogens with zero attached hydrogens (tertiary/aromatic N) is 1. The predicted octanol–water partition coefficient (Wildman–Crippen LogP) is 2.18. The van der Waals surface area contributed by atoms with Crippen molar-refractivity contribution in [2.24, 2.45) is 0 Å². The highest BCUT2D eigenvalue weighted by Gasteiger charge is 2.30. The van der Waals surface area contributed by atoms with Crippen LogP contribution in [0.1, 0.15) is 18.1 Å². The van der Waals surface area contributed by atoms with Crippen molar-refractivity contribution in [3.05, 3.63) is 34.9 Å². The number of hydrogen-bond acceptors (Lipinski definition) is 5. The minimum atomic E-state index is -3.09. The van der Waals surface area contributed by atoms with Gasteiger partial charge in [0, 0.05) is 35.9 Å². The average Bonchev–Trinajstić information content (AvgIpc) is 2.45. The Bertz CT molecular complexity index is 562. The zero-order chi connectivity index (χ0) is 15.5. The highest BCUT2D eigenvalue weighted by Crippen LogP contribution is 2.24. The van der Waals surface area contributed by atoms with Crippen LogP contribution in [0.3, 0.4) is 0 Å². The molecule has 1 saturated heterocycles. The van der Waals surface area contributed by atoms with Crippen LogP contribution in [-0.2, 0) is 9.84 Å². The van der Waals surface area contributed by atoms with E-state index in [2.05, 4.69) is 0 Å². The summed E-state index contributed by atoms with van der Waals surface area (Å²) < 4.78 is 23.6. The predicted molar refractivity (Wildman–Crippen MR) is 88.6 cm³/mol. The molecule has 2 rings (SSSR count). The van der Waals surface area contributed by atoms with Crippen molar-refractivity contribution < 1.29 is 13.5 Å². The van der Waals surface area contributed by atoms with Crippen molar-refractivity contribution in [3.8, 4) is 0 Å². The summed E-state index contributed by atoms with van der Waals surface area (Å²) in [7, 11) is -3.09. The van der Waals surface area contributed by atoms with Gasteiger partial charge in [-0.25, -0.2) is 8.42 Å². The largest absolute Gasteiger partial charge is 0.388 e. The van der Waals surface area contributed by atoms with Crippen molar-refractivity contribution >= 4 is 33.2 Å². The van der Waals surface area contributed by atoms with E-state index in [1.54, 1.807) is 36.0 Å². The number of halogens is 1. The van der Waals surface area contributed by atoms with Crippen LogP contribution in [-0.4, -0.2) is 54.6 Å². The van der Waals surface area contributed by atoms with Gasteiger partial charge in [-0.3, -0.25) is 4.90 Å². The van der Waals surface area contributed by atoms with Gasteiger partial charge in [0.1, 0.15) is 5.37 Å². The molecule has 1 aliphatic rings. The Labute approximate surface area is 135 Å². The second-order valence-electron chi connectivity index (χ2n) is 5.25. The molecule has 21 heavy (non-hydrogen) atoms. The lowest BCUT2D eigenvalue weighted by Gasteiger charge is -2.34. The fraction of sp³-hybridized carbons (Fsp3) is 0.571. The zero-order valence-electron chi connectivity index (χ0n) is 11.9. The van der Waals surface area contributed by atoms with E-state index in [-0.39, 0.29) is 0 Å². The van der Waals surface area contributed by atoms with E-state index in [1.165, 1.54) is 6.26 Å². The van der Waals surface area contributed by atoms with Crippen molar-refractivity contribution in [2.75, 3.05) is 30.9 Å². The molecule has 0 aromatic heterocycles. The lowest BCUT2D eigenvalue weighted by molar-refractivity contribution is 0.140. The first-order valence-corrected chi connectivity index (χ1v) is 10.3. The van der Waals surface area contributed by atoms with Crippen LogP contribution in [0.15, 0.2) is 24.3 Å². The molecule has 0 saturated carbocycles. The topological polar surface area (TPSA) is 57.6 Å². The summed E-state index contributed by atoms with van der Waals surface area (Å²) in [5.41, 5.74) is 0.807. The van der Waals surface area contributed by atoms with Crippen LogP contribution in [0.5, 0.6) is 0 Å². The van der Waals surface area contributed by atoms with Crippen molar-refractivity contribution in [2.45, 2.75) is 17.9 Å². The Kier molecular flexibility index (Phi) is 5.96. The Morgan fingerprint density at radius 1 is 1.43 bits per heavy atom. The molecule has 118 valence electrons. The Morgan fingerprint density at radius 3 is 2.71 bits per heavy atom. The summed E-state index contributed by atoms with van der Waals surface area (Å²) in [5.74, 6) is 1.54. The minimum Gasteiger partial charge on any atom is -0.388 e. The van der Waals surface area contributed by atoms with Crippen LogP contribution in [0.2, 0.25) is 5.02 Å². The molecule has 1 N–H and O–H groups in total. The van der Waals surface area contributed by atoms with E-state index in [1.807, 2.05) is 4.90 Å². The summed E-state index contributed by atoms with van der Waals surface area (Å²) in [6, 6.07) is 7.09. The zero-order valence-corrected chi connectivity index (χ0v) is 14.3. The van der Waals surface area contributed by atoms with Gasteiger partial charge in [-0.05, 0) is 24.1 Å². The van der Waals surface area contributed by atoms with E-state index in [0.717, 1.165) is 17.9 Å². The van der Waals surface area contributed by atoms with Gasteiger partial charge in [0.25, 0.3) is 0 Å². The highest BCUT2D eigenvalue weighted by molar-refractivity contribution is 8.00. The number of aliphatic hydroxyl groups is 1. The molecular formula is C14H20ClNO3S2. The smallest absolute Gasteiger partial charge is 0.164 e. The molecule has 1 aromatic rings. The summed E-state index contributed by atoms with van der Waals surface area (Å²) in [6.07, 6.45) is 1.20. The van der Waals surface area contributed by atoms with Gasteiger partial charge in [-0.15, -0.1) is 0 Å². The molecule has 0 radical (unpaired) electrons. The molecule has 1 fully saturated rings. The van der Waals surface area contributed by atoms with Crippen LogP contribution < -0.4 is 0 Å². The molecule has 7 heteroatoms. The summed E-state index contributed by atoms with van der Waals surface area (Å²) in [6.45, 7) is 1.32. The SMILES string of the molecule is CS(=O)(=O)C1CSCCN1CCC(O)c1ccc(Cl)cc1. The molecule has 1 aromatic carbocycles. The lowest BCUT2D eigenvalue weighted by Crippen LogP contribution is -2.47. The number of benzene rings is 1. The first kappa shape index (κ1) is 17.1. The molecule has 0 spiro atoms. The third kappa shape index (κ3) is 4.86. The van der Waals surface area contributed by atoms with Crippen molar-refractivity contribution in [1.29, 1.82) is 0 Å². The van der Waals surface area contributed by atoms with Crippen LogP contribution >= 0.6 is 23.4 Å². The first-order valence-electron chi connectivity index (χ1n) is 6.82. The van der Waals surface area contributed by atoms with E-state index in [4.69, 9.17) is 11.6 Å². The van der Waals surface area contributed by atoms with Crippen LogP contribution in [0, 0.1) is 0 Å². The van der Waals surface area contributed by atoms with E-state index < -0.39 is 21.3 Å². The van der Waals surface area contributed by atoms with E-state index in [0.29, 0.717) is 23.7 Å². The fourth-order valence-electron chi connectivity index (χ4n) is 2.41. The Morgan fingerprint density at radius 2 is 2.10 bits per heavy atom. The summed E-state index contributed by atoms with van der Waals surface area (Å²) >= 11 is 7.49. The number of aliphatic hydroxyl groups excluding tert-OH is 1. The van der Waals surface area contributed by atoms with Gasteiger partial charge in [-0.2, -0.15) is 11.8 Å². The van der Waals surface area contributed by atoms with Gasteiger partial charge in [-0.1, -0.05) is 23.7 Å². The number of sulfone groups is 1. The van der Waals surface area contributed by atoms with Crippen LogP contribution in [0.4, 0.5) is 0 Å². The molecule has 4 nitrogen and oxygen atoms in total. The lowest BCUT2D eigenvalue weighted by atomic mass is 10.1. The standard InChI is InChI=1S/C14H20ClNO3S2/c1-21(18,19)14-10-20-9-8-16(14)7-6-13(17)11-2-4-12(15)5-3-11/h2-5,13-14,17H,6-10H2,1H3. The van der Waals surface area contributed by atoms with Crippen molar-refractivity contribution in [1.82, 2.24) is 4.90 Å². The minimum absolute atomic E-state index is 0.436. The Balaban J connectivity index is 1.96. The normalized spacial score (nSPS) is 22.1. The maximum Gasteiger partial charge on any atom is 0.164 e. The summed E-state index contributed by atoms with van der Waals surface area (Å²) in [4.78, 5) is 1.96. The molecule has 2 unspecified atom stereocenters. The number of rotatable bonds is 5. The van der Waals surface area contributed by atoms with Gasteiger partial charge >= 0.3 is 0 Å². The van der Waals surface area contributed by atoms with Gasteiger partial charge in [0.15, 0.2) is 9.84 Å². The molecule has 0 bridgehead atoms. The second-order valence-corrected chi connectivity index (χ2v) is 9.04. The van der Waals surface area contributed by atoms with E-state index >= 15 is 0 Å². The molecule has 1 aliphatic heterocycles. The first-order chi connectivity index (χ1) is 9.88. The van der Waals surface area contributed by atoms with Gasteiger partial charge in [0.2, 0.25) is 0 Å². The number of thioether (sulfide) groups is 1. The van der Waals surface area contributed by atoms with Crippen molar-refractivity contribution in [3.63, 3.8) is 0 Å². The molecular weight excluding hydrogens is 330 g/mol. The summed E-state index contributed by atoms with van der Waals surface area (Å²) in [5, 5.41) is 10.4. The quantitative estimate of drug-likeness (QED) is 0.883. The van der Waals surface area contributed by atoms with Gasteiger partial charge in [0.05, 0.1) is 6.10 Å². The van der Waals surface area contributed by atoms with E-state index in [9.17, 15) is 13.5 Å². The highest BCUT2D eigenvalue weighted by atomic mass is 35.5. The monoisotopic (exact) mass is 349 g/mol.